The Hall–Kier alpha value is -1.68. The van der Waals surface area contributed by atoms with Crippen LogP contribution in [0.2, 0.25) is 0 Å². The van der Waals surface area contributed by atoms with Crippen molar-refractivity contribution in [2.75, 3.05) is 13.1 Å². The average Bonchev–Trinajstić information content (AvgIpc) is 3.02. The standard InChI is InChI=1S/C16H16FNOS/c17-15-3-1-13(2-4-15)16(19)18-8-5-12(6-9-18)14-7-10-20-11-14/h1-4,7,10-12H,5-6,8-9H2. The smallest absolute Gasteiger partial charge is 0.253 e. The van der Waals surface area contributed by atoms with Crippen molar-refractivity contribution in [2.24, 2.45) is 0 Å². The van der Waals surface area contributed by atoms with Gasteiger partial charge >= 0.3 is 0 Å². The molecule has 1 aromatic carbocycles. The quantitative estimate of drug-likeness (QED) is 0.821. The largest absolute Gasteiger partial charge is 0.339 e. The Bertz CT molecular complexity index is 571. The van der Waals surface area contributed by atoms with Gasteiger partial charge in [0.05, 0.1) is 0 Å². The minimum Gasteiger partial charge on any atom is -0.339 e. The van der Waals surface area contributed by atoms with Crippen molar-refractivity contribution in [2.45, 2.75) is 18.8 Å². The van der Waals surface area contributed by atoms with Crippen LogP contribution in [0.3, 0.4) is 0 Å². The second-order valence-electron chi connectivity index (χ2n) is 5.13. The normalized spacial score (nSPS) is 16.4. The minimum atomic E-state index is -0.308. The molecule has 104 valence electrons. The van der Waals surface area contributed by atoms with Gasteiger partial charge in [-0.25, -0.2) is 4.39 Å². The molecule has 2 heterocycles. The van der Waals surface area contributed by atoms with Crippen LogP contribution in [0.1, 0.15) is 34.7 Å². The van der Waals surface area contributed by atoms with Crippen molar-refractivity contribution >= 4 is 17.2 Å². The summed E-state index contributed by atoms with van der Waals surface area (Å²) in [5, 5.41) is 4.30. The summed E-state index contributed by atoms with van der Waals surface area (Å²) in [7, 11) is 0. The number of amides is 1. The van der Waals surface area contributed by atoms with Gasteiger partial charge in [0.2, 0.25) is 0 Å². The Kier molecular flexibility index (Phi) is 3.83. The highest BCUT2D eigenvalue weighted by atomic mass is 32.1. The van der Waals surface area contributed by atoms with Gasteiger partial charge in [-0.15, -0.1) is 0 Å². The molecule has 1 amide bonds. The van der Waals surface area contributed by atoms with Crippen molar-refractivity contribution in [1.82, 2.24) is 4.90 Å². The third-order valence-corrected chi connectivity index (χ3v) is 4.59. The molecule has 0 N–H and O–H groups in total. The highest BCUT2D eigenvalue weighted by molar-refractivity contribution is 7.07. The fourth-order valence-corrected chi connectivity index (χ4v) is 3.44. The summed E-state index contributed by atoms with van der Waals surface area (Å²) in [5.74, 6) is 0.269. The number of rotatable bonds is 2. The Morgan fingerprint density at radius 3 is 2.45 bits per heavy atom. The molecule has 4 heteroatoms. The summed E-state index contributed by atoms with van der Waals surface area (Å²) in [6.45, 7) is 1.55. The van der Waals surface area contributed by atoms with Crippen LogP contribution in [0.4, 0.5) is 4.39 Å². The lowest BCUT2D eigenvalue weighted by molar-refractivity contribution is 0.0713. The molecule has 0 aliphatic carbocycles. The molecule has 1 aliphatic rings. The highest BCUT2D eigenvalue weighted by Gasteiger charge is 2.24. The molecular weight excluding hydrogens is 273 g/mol. The van der Waals surface area contributed by atoms with Crippen molar-refractivity contribution in [1.29, 1.82) is 0 Å². The molecule has 0 unspecified atom stereocenters. The van der Waals surface area contributed by atoms with Crippen molar-refractivity contribution in [3.63, 3.8) is 0 Å². The average molecular weight is 289 g/mol. The molecule has 1 saturated heterocycles. The predicted molar refractivity (Wildman–Crippen MR) is 78.6 cm³/mol. The van der Waals surface area contributed by atoms with Gasteiger partial charge in [-0.05, 0) is 65.4 Å². The second-order valence-corrected chi connectivity index (χ2v) is 5.91. The first kappa shape index (κ1) is 13.3. The molecular formula is C16H16FNOS. The lowest BCUT2D eigenvalue weighted by Gasteiger charge is -2.31. The van der Waals surface area contributed by atoms with E-state index in [1.807, 2.05) is 4.90 Å². The van der Waals surface area contributed by atoms with Gasteiger partial charge in [0, 0.05) is 18.7 Å². The molecule has 0 saturated carbocycles. The number of carbonyl (C=O) groups is 1. The summed E-state index contributed by atoms with van der Waals surface area (Å²) >= 11 is 1.72. The van der Waals surface area contributed by atoms with Gasteiger partial charge in [0.25, 0.3) is 5.91 Å². The molecule has 20 heavy (non-hydrogen) atoms. The summed E-state index contributed by atoms with van der Waals surface area (Å²) in [5.41, 5.74) is 1.96. The van der Waals surface area contributed by atoms with E-state index in [1.165, 1.54) is 17.7 Å². The molecule has 2 aromatic rings. The van der Waals surface area contributed by atoms with Crippen LogP contribution in [0.15, 0.2) is 41.1 Å². The van der Waals surface area contributed by atoms with E-state index in [9.17, 15) is 9.18 Å². The van der Waals surface area contributed by atoms with Crippen LogP contribution in [-0.2, 0) is 0 Å². The third kappa shape index (κ3) is 2.75. The van der Waals surface area contributed by atoms with Crippen LogP contribution in [-0.4, -0.2) is 23.9 Å². The molecule has 0 atom stereocenters. The summed E-state index contributed by atoms with van der Waals surface area (Å²) in [6, 6.07) is 7.97. The van der Waals surface area contributed by atoms with E-state index < -0.39 is 0 Å². The van der Waals surface area contributed by atoms with E-state index in [0.29, 0.717) is 11.5 Å². The third-order valence-electron chi connectivity index (χ3n) is 3.89. The SMILES string of the molecule is O=C(c1ccc(F)cc1)N1CCC(c2ccsc2)CC1. The maximum Gasteiger partial charge on any atom is 0.253 e. The van der Waals surface area contributed by atoms with Crippen LogP contribution in [0.5, 0.6) is 0 Å². The fraction of sp³-hybridized carbons (Fsp3) is 0.312. The first-order valence-electron chi connectivity index (χ1n) is 6.81. The maximum atomic E-state index is 12.9. The number of nitrogens with zero attached hydrogens (tertiary/aromatic N) is 1. The number of halogens is 1. The van der Waals surface area contributed by atoms with E-state index >= 15 is 0 Å². The number of carbonyl (C=O) groups excluding carboxylic acids is 1. The Labute approximate surface area is 121 Å². The predicted octanol–water partition coefficient (Wildman–Crippen LogP) is 3.91. The van der Waals surface area contributed by atoms with Gasteiger partial charge in [-0.3, -0.25) is 4.79 Å². The zero-order chi connectivity index (χ0) is 13.9. The molecule has 1 aromatic heterocycles. The lowest BCUT2D eigenvalue weighted by Crippen LogP contribution is -2.37. The summed E-state index contributed by atoms with van der Waals surface area (Å²) < 4.78 is 12.9. The number of hydrogen-bond donors (Lipinski definition) is 0. The summed E-state index contributed by atoms with van der Waals surface area (Å²) in [4.78, 5) is 14.2. The molecule has 1 fully saturated rings. The van der Waals surface area contributed by atoms with E-state index in [-0.39, 0.29) is 11.7 Å². The van der Waals surface area contributed by atoms with E-state index in [1.54, 1.807) is 23.5 Å². The zero-order valence-corrected chi connectivity index (χ0v) is 11.9. The molecule has 2 nitrogen and oxygen atoms in total. The Morgan fingerprint density at radius 2 is 1.85 bits per heavy atom. The van der Waals surface area contributed by atoms with Crippen molar-refractivity contribution < 1.29 is 9.18 Å². The van der Waals surface area contributed by atoms with Crippen LogP contribution in [0.25, 0.3) is 0 Å². The summed E-state index contributed by atoms with van der Waals surface area (Å²) in [6.07, 6.45) is 2.01. The van der Waals surface area contributed by atoms with E-state index in [4.69, 9.17) is 0 Å². The first-order valence-corrected chi connectivity index (χ1v) is 7.75. The van der Waals surface area contributed by atoms with Gasteiger partial charge in [0.1, 0.15) is 5.82 Å². The van der Waals surface area contributed by atoms with Crippen molar-refractivity contribution in [3.05, 3.63) is 58.0 Å². The second kappa shape index (κ2) is 5.75. The van der Waals surface area contributed by atoms with Gasteiger partial charge in [-0.1, -0.05) is 0 Å². The van der Waals surface area contributed by atoms with E-state index in [2.05, 4.69) is 16.8 Å². The molecule has 0 bridgehead atoms. The van der Waals surface area contributed by atoms with Gasteiger partial charge < -0.3 is 4.90 Å². The van der Waals surface area contributed by atoms with Crippen molar-refractivity contribution in [3.8, 4) is 0 Å². The molecule has 1 aliphatic heterocycles. The van der Waals surface area contributed by atoms with Crippen LogP contribution in [0, 0.1) is 5.82 Å². The van der Waals surface area contributed by atoms with E-state index in [0.717, 1.165) is 25.9 Å². The Morgan fingerprint density at radius 1 is 1.15 bits per heavy atom. The minimum absolute atomic E-state index is 0.00812. The number of piperidine rings is 1. The topological polar surface area (TPSA) is 20.3 Å². The zero-order valence-electron chi connectivity index (χ0n) is 11.1. The monoisotopic (exact) mass is 289 g/mol. The van der Waals surface area contributed by atoms with Gasteiger partial charge in [0.15, 0.2) is 0 Å². The van der Waals surface area contributed by atoms with Gasteiger partial charge in [-0.2, -0.15) is 11.3 Å². The fourth-order valence-electron chi connectivity index (χ4n) is 2.70. The first-order chi connectivity index (χ1) is 9.74. The molecule has 0 spiro atoms. The number of benzene rings is 1. The van der Waals surface area contributed by atoms with Crippen LogP contribution >= 0.6 is 11.3 Å². The lowest BCUT2D eigenvalue weighted by atomic mass is 9.91. The number of likely N-dealkylation sites (tertiary alicyclic amines) is 1. The maximum absolute atomic E-state index is 12.9. The molecule has 0 radical (unpaired) electrons. The van der Waals surface area contributed by atoms with Crippen LogP contribution < -0.4 is 0 Å². The Balaban J connectivity index is 1.63. The molecule has 3 rings (SSSR count). The number of thiophene rings is 1. The number of hydrogen-bond acceptors (Lipinski definition) is 2. The highest BCUT2D eigenvalue weighted by Crippen LogP contribution is 2.29.